The lowest BCUT2D eigenvalue weighted by atomic mass is 10.2. The van der Waals surface area contributed by atoms with E-state index in [-0.39, 0.29) is 6.23 Å². The van der Waals surface area contributed by atoms with Gasteiger partial charge in [0.1, 0.15) is 6.23 Å². The number of benzene rings is 1. The third-order valence-electron chi connectivity index (χ3n) is 2.73. The van der Waals surface area contributed by atoms with Crippen molar-refractivity contribution in [1.82, 2.24) is 0 Å². The van der Waals surface area contributed by atoms with Crippen molar-refractivity contribution in [2.24, 2.45) is 0 Å². The number of aliphatic hydroxyl groups is 1. The summed E-state index contributed by atoms with van der Waals surface area (Å²) in [5.74, 6) is 0. The number of aliphatic hydroxyl groups excluding tert-OH is 1. The smallest absolute Gasteiger partial charge is 0.126 e. The van der Waals surface area contributed by atoms with Crippen LogP contribution in [0.4, 0.5) is 5.69 Å². The normalized spacial score (nSPS) is 12.4. The Hall–Kier alpha value is -1.02. The molecule has 0 heterocycles. The number of anilines is 1. The zero-order valence-electron chi connectivity index (χ0n) is 10.4. The van der Waals surface area contributed by atoms with E-state index < -0.39 is 0 Å². The van der Waals surface area contributed by atoms with Gasteiger partial charge < -0.3 is 10.0 Å². The zero-order valence-corrected chi connectivity index (χ0v) is 10.4. The van der Waals surface area contributed by atoms with Gasteiger partial charge in [0.05, 0.1) is 0 Å². The average molecular weight is 221 g/mol. The minimum atomic E-state index is -0.345. The van der Waals surface area contributed by atoms with E-state index in [1.807, 2.05) is 18.2 Å². The molecule has 1 atom stereocenters. The third kappa shape index (κ3) is 3.86. The molecule has 1 N–H and O–H groups in total. The lowest BCUT2D eigenvalue weighted by Gasteiger charge is -2.29. The summed E-state index contributed by atoms with van der Waals surface area (Å²) in [6.07, 6.45) is 3.77. The number of hydrogen-bond donors (Lipinski definition) is 1. The molecule has 2 nitrogen and oxygen atoms in total. The van der Waals surface area contributed by atoms with Crippen molar-refractivity contribution in [2.75, 3.05) is 11.4 Å². The molecule has 0 saturated carbocycles. The number of rotatable bonds is 7. The summed E-state index contributed by atoms with van der Waals surface area (Å²) in [4.78, 5) is 2.09. The van der Waals surface area contributed by atoms with Gasteiger partial charge >= 0.3 is 0 Å². The van der Waals surface area contributed by atoms with Crippen molar-refractivity contribution < 1.29 is 5.11 Å². The van der Waals surface area contributed by atoms with Gasteiger partial charge in [-0.1, -0.05) is 38.5 Å². The Bertz CT molecular complexity index is 273. The molecular formula is C14H23NO. The van der Waals surface area contributed by atoms with E-state index in [2.05, 4.69) is 30.9 Å². The molecule has 0 spiro atoms. The average Bonchev–Trinajstić information content (AvgIpc) is 2.34. The predicted molar refractivity (Wildman–Crippen MR) is 69.6 cm³/mol. The van der Waals surface area contributed by atoms with Crippen LogP contribution in [0.15, 0.2) is 30.3 Å². The Labute approximate surface area is 98.9 Å². The van der Waals surface area contributed by atoms with Crippen molar-refractivity contribution in [3.8, 4) is 0 Å². The van der Waals surface area contributed by atoms with Crippen molar-refractivity contribution in [2.45, 2.75) is 45.8 Å². The molecule has 0 fully saturated rings. The van der Waals surface area contributed by atoms with Crippen LogP contribution in [0.5, 0.6) is 0 Å². The Kier molecular flexibility index (Phi) is 5.94. The van der Waals surface area contributed by atoms with Gasteiger partial charge in [-0.3, -0.25) is 0 Å². The minimum absolute atomic E-state index is 0.345. The fourth-order valence-electron chi connectivity index (χ4n) is 1.85. The Morgan fingerprint density at radius 2 is 1.81 bits per heavy atom. The van der Waals surface area contributed by atoms with Gasteiger partial charge in [-0.2, -0.15) is 0 Å². The SMILES string of the molecule is CCCCC(O)N(CCC)c1ccccc1. The van der Waals surface area contributed by atoms with Crippen molar-refractivity contribution in [3.63, 3.8) is 0 Å². The molecule has 90 valence electrons. The van der Waals surface area contributed by atoms with Gasteiger partial charge in [0.2, 0.25) is 0 Å². The summed E-state index contributed by atoms with van der Waals surface area (Å²) < 4.78 is 0. The van der Waals surface area contributed by atoms with Crippen molar-refractivity contribution in [3.05, 3.63) is 30.3 Å². The number of unbranched alkanes of at least 4 members (excludes halogenated alkanes) is 1. The van der Waals surface area contributed by atoms with Crippen LogP contribution >= 0.6 is 0 Å². The highest BCUT2D eigenvalue weighted by molar-refractivity contribution is 5.46. The monoisotopic (exact) mass is 221 g/mol. The van der Waals surface area contributed by atoms with E-state index in [4.69, 9.17) is 0 Å². The first-order valence-electron chi connectivity index (χ1n) is 6.29. The Morgan fingerprint density at radius 3 is 2.38 bits per heavy atom. The highest BCUT2D eigenvalue weighted by Crippen LogP contribution is 2.18. The topological polar surface area (TPSA) is 23.5 Å². The van der Waals surface area contributed by atoms with E-state index in [1.165, 1.54) is 0 Å². The molecule has 0 aliphatic carbocycles. The standard InChI is InChI=1S/C14H23NO/c1-3-5-11-14(16)15(12-4-2)13-9-7-6-8-10-13/h6-10,14,16H,3-5,11-12H2,1-2H3. The third-order valence-corrected chi connectivity index (χ3v) is 2.73. The molecule has 1 rings (SSSR count). The van der Waals surface area contributed by atoms with Crippen molar-refractivity contribution >= 4 is 5.69 Å². The quantitative estimate of drug-likeness (QED) is 0.713. The summed E-state index contributed by atoms with van der Waals surface area (Å²) in [5.41, 5.74) is 1.12. The molecule has 16 heavy (non-hydrogen) atoms. The maximum absolute atomic E-state index is 10.2. The van der Waals surface area contributed by atoms with E-state index >= 15 is 0 Å². The first-order chi connectivity index (χ1) is 7.79. The van der Waals surface area contributed by atoms with Gasteiger partial charge in [-0.25, -0.2) is 0 Å². The van der Waals surface area contributed by atoms with Crippen LogP contribution < -0.4 is 4.90 Å². The highest BCUT2D eigenvalue weighted by Gasteiger charge is 2.14. The van der Waals surface area contributed by atoms with E-state index in [9.17, 15) is 5.11 Å². The highest BCUT2D eigenvalue weighted by atomic mass is 16.3. The van der Waals surface area contributed by atoms with Crippen LogP contribution in [-0.4, -0.2) is 17.9 Å². The van der Waals surface area contributed by atoms with E-state index in [0.29, 0.717) is 0 Å². The van der Waals surface area contributed by atoms with Gasteiger partial charge in [0.25, 0.3) is 0 Å². The largest absolute Gasteiger partial charge is 0.374 e. The molecule has 0 aromatic heterocycles. The zero-order chi connectivity index (χ0) is 11.8. The van der Waals surface area contributed by atoms with Crippen LogP contribution in [-0.2, 0) is 0 Å². The molecule has 0 amide bonds. The van der Waals surface area contributed by atoms with Gasteiger partial charge in [-0.15, -0.1) is 0 Å². The fourth-order valence-corrected chi connectivity index (χ4v) is 1.85. The fraction of sp³-hybridized carbons (Fsp3) is 0.571. The molecular weight excluding hydrogens is 198 g/mol. The van der Waals surface area contributed by atoms with Crippen LogP contribution in [0.1, 0.15) is 39.5 Å². The second-order valence-corrected chi connectivity index (χ2v) is 4.15. The van der Waals surface area contributed by atoms with Crippen LogP contribution in [0.25, 0.3) is 0 Å². The molecule has 0 radical (unpaired) electrons. The lowest BCUT2D eigenvalue weighted by molar-refractivity contribution is 0.155. The summed E-state index contributed by atoms with van der Waals surface area (Å²) in [5, 5.41) is 10.2. The second kappa shape index (κ2) is 7.29. The van der Waals surface area contributed by atoms with Crippen LogP contribution in [0.3, 0.4) is 0 Å². The number of hydrogen-bond acceptors (Lipinski definition) is 2. The summed E-state index contributed by atoms with van der Waals surface area (Å²) in [7, 11) is 0. The predicted octanol–water partition coefficient (Wildman–Crippen LogP) is 3.41. The second-order valence-electron chi connectivity index (χ2n) is 4.15. The van der Waals surface area contributed by atoms with Gasteiger partial charge in [-0.05, 0) is 31.4 Å². The first kappa shape index (κ1) is 13.0. The van der Waals surface area contributed by atoms with Gasteiger partial charge in [0, 0.05) is 12.2 Å². The summed E-state index contributed by atoms with van der Waals surface area (Å²) in [6.45, 7) is 5.21. The number of nitrogens with zero attached hydrogens (tertiary/aromatic N) is 1. The van der Waals surface area contributed by atoms with E-state index in [1.54, 1.807) is 0 Å². The van der Waals surface area contributed by atoms with E-state index in [0.717, 1.165) is 37.9 Å². The molecule has 2 heteroatoms. The molecule has 0 bridgehead atoms. The molecule has 1 unspecified atom stereocenters. The Balaban J connectivity index is 2.66. The summed E-state index contributed by atoms with van der Waals surface area (Å²) in [6, 6.07) is 10.2. The summed E-state index contributed by atoms with van der Waals surface area (Å²) >= 11 is 0. The lowest BCUT2D eigenvalue weighted by Crippen LogP contribution is -2.35. The number of para-hydroxylation sites is 1. The Morgan fingerprint density at radius 1 is 1.12 bits per heavy atom. The van der Waals surface area contributed by atoms with Crippen LogP contribution in [0, 0.1) is 0 Å². The first-order valence-corrected chi connectivity index (χ1v) is 6.29. The maximum Gasteiger partial charge on any atom is 0.126 e. The van der Waals surface area contributed by atoms with Crippen molar-refractivity contribution in [1.29, 1.82) is 0 Å². The molecule has 1 aromatic carbocycles. The molecule has 1 aromatic rings. The van der Waals surface area contributed by atoms with Crippen LogP contribution in [0.2, 0.25) is 0 Å². The van der Waals surface area contributed by atoms with Gasteiger partial charge in [0.15, 0.2) is 0 Å². The minimum Gasteiger partial charge on any atom is -0.374 e. The maximum atomic E-state index is 10.2. The molecule has 0 aliphatic rings. The molecule has 0 saturated heterocycles. The molecule has 0 aliphatic heterocycles.